The molecule has 1 aromatic rings. The number of rotatable bonds is 4. The van der Waals surface area contributed by atoms with Crippen LogP contribution in [0.2, 0.25) is 0 Å². The number of halogens is 1. The van der Waals surface area contributed by atoms with Crippen LogP contribution in [0.5, 0.6) is 11.5 Å². The van der Waals surface area contributed by atoms with Gasteiger partial charge in [-0.05, 0) is 49.9 Å². The van der Waals surface area contributed by atoms with Gasteiger partial charge in [0.2, 0.25) is 5.82 Å². The Balaban J connectivity index is 2.29. The molecule has 0 spiro atoms. The van der Waals surface area contributed by atoms with Crippen LogP contribution in [0.3, 0.4) is 0 Å². The fourth-order valence-electron chi connectivity index (χ4n) is 2.34. The number of phenols is 1. The third kappa shape index (κ3) is 3.81. The number of hydrogen-bond donors (Lipinski definition) is 3. The highest BCUT2D eigenvalue weighted by Gasteiger charge is 2.23. The first kappa shape index (κ1) is 15.0. The Hall–Kier alpha value is -1.38. The predicted octanol–water partition coefficient (Wildman–Crippen LogP) is 1.25. The number of benzene rings is 1. The van der Waals surface area contributed by atoms with Gasteiger partial charge in [0.15, 0.2) is 11.5 Å². The number of hydrogen-bond acceptors (Lipinski definition) is 5. The standard InChI is InChI=1S/C12H16FNO5S/c13-11-10(15)2-1-9(12(11)19-20(16,17)18)7-8-3-5-14-6-4-8/h1-2,8,14-15H,3-7H2,(H,16,17,18). The summed E-state index contributed by atoms with van der Waals surface area (Å²) in [7, 11) is -4.84. The summed E-state index contributed by atoms with van der Waals surface area (Å²) in [5, 5.41) is 12.5. The van der Waals surface area contributed by atoms with Crippen LogP contribution in [-0.2, 0) is 16.8 Å². The van der Waals surface area contributed by atoms with Crippen molar-refractivity contribution < 1.29 is 26.7 Å². The minimum absolute atomic E-state index is 0.268. The van der Waals surface area contributed by atoms with Gasteiger partial charge in [0.1, 0.15) is 0 Å². The van der Waals surface area contributed by atoms with Crippen molar-refractivity contribution in [1.82, 2.24) is 5.32 Å². The average Bonchev–Trinajstić information content (AvgIpc) is 2.38. The van der Waals surface area contributed by atoms with Crippen LogP contribution in [0, 0.1) is 11.7 Å². The zero-order valence-corrected chi connectivity index (χ0v) is 11.5. The van der Waals surface area contributed by atoms with Gasteiger partial charge in [-0.25, -0.2) is 0 Å². The maximum absolute atomic E-state index is 13.8. The molecule has 0 aromatic heterocycles. The molecule has 0 saturated carbocycles. The molecule has 1 heterocycles. The van der Waals surface area contributed by atoms with Gasteiger partial charge in [0.05, 0.1) is 0 Å². The van der Waals surface area contributed by atoms with Crippen LogP contribution in [-0.4, -0.2) is 31.2 Å². The molecule has 1 aliphatic heterocycles. The molecule has 1 fully saturated rings. The van der Waals surface area contributed by atoms with E-state index in [2.05, 4.69) is 9.50 Å². The van der Waals surface area contributed by atoms with Gasteiger partial charge in [0.25, 0.3) is 0 Å². The zero-order valence-electron chi connectivity index (χ0n) is 10.7. The van der Waals surface area contributed by atoms with Crippen molar-refractivity contribution in [1.29, 1.82) is 0 Å². The van der Waals surface area contributed by atoms with Crippen molar-refractivity contribution in [3.05, 3.63) is 23.5 Å². The van der Waals surface area contributed by atoms with Gasteiger partial charge < -0.3 is 14.6 Å². The zero-order chi connectivity index (χ0) is 14.8. The third-order valence-corrected chi connectivity index (χ3v) is 3.69. The molecule has 0 radical (unpaired) electrons. The van der Waals surface area contributed by atoms with E-state index in [0.717, 1.165) is 32.0 Å². The molecule has 2 rings (SSSR count). The van der Waals surface area contributed by atoms with E-state index in [4.69, 9.17) is 4.55 Å². The molecule has 0 bridgehead atoms. The normalized spacial score (nSPS) is 17.1. The SMILES string of the molecule is O=S(=O)(O)Oc1c(CC2CCNCC2)ccc(O)c1F. The van der Waals surface area contributed by atoms with Gasteiger partial charge in [-0.1, -0.05) is 6.07 Å². The van der Waals surface area contributed by atoms with Crippen LogP contribution in [0.4, 0.5) is 4.39 Å². The number of aromatic hydroxyl groups is 1. The van der Waals surface area contributed by atoms with E-state index in [9.17, 15) is 17.9 Å². The lowest BCUT2D eigenvalue weighted by atomic mass is 9.90. The molecular formula is C12H16FNO5S. The molecule has 20 heavy (non-hydrogen) atoms. The molecule has 0 amide bonds. The molecule has 0 unspecified atom stereocenters. The maximum atomic E-state index is 13.8. The van der Waals surface area contributed by atoms with Crippen molar-refractivity contribution in [3.63, 3.8) is 0 Å². The van der Waals surface area contributed by atoms with Gasteiger partial charge in [-0.3, -0.25) is 4.55 Å². The first-order valence-electron chi connectivity index (χ1n) is 6.25. The molecule has 8 heteroatoms. The second-order valence-electron chi connectivity index (χ2n) is 4.80. The van der Waals surface area contributed by atoms with Crippen molar-refractivity contribution in [3.8, 4) is 11.5 Å². The number of phenolic OH excluding ortho intramolecular Hbond substituents is 1. The first-order valence-corrected chi connectivity index (χ1v) is 7.61. The van der Waals surface area contributed by atoms with E-state index < -0.39 is 27.7 Å². The Kier molecular flexibility index (Phi) is 4.46. The van der Waals surface area contributed by atoms with Crippen LogP contribution >= 0.6 is 0 Å². The largest absolute Gasteiger partial charge is 0.505 e. The van der Waals surface area contributed by atoms with Crippen LogP contribution in [0.1, 0.15) is 18.4 Å². The fraction of sp³-hybridized carbons (Fsp3) is 0.500. The summed E-state index contributed by atoms with van der Waals surface area (Å²) in [6.45, 7) is 1.69. The van der Waals surface area contributed by atoms with E-state index in [-0.39, 0.29) is 5.92 Å². The van der Waals surface area contributed by atoms with Crippen molar-refractivity contribution in [2.45, 2.75) is 19.3 Å². The summed E-state index contributed by atoms with van der Waals surface area (Å²) in [5.74, 6) is -2.28. The van der Waals surface area contributed by atoms with E-state index in [0.29, 0.717) is 12.0 Å². The second kappa shape index (κ2) is 5.94. The summed E-state index contributed by atoms with van der Waals surface area (Å²) in [6, 6.07) is 2.55. The van der Waals surface area contributed by atoms with Crippen molar-refractivity contribution >= 4 is 10.4 Å². The number of piperidine rings is 1. The minimum Gasteiger partial charge on any atom is -0.505 e. The average molecular weight is 305 g/mol. The minimum atomic E-state index is -4.84. The quantitative estimate of drug-likeness (QED) is 0.725. The molecule has 1 aliphatic rings. The van der Waals surface area contributed by atoms with Crippen LogP contribution in [0.15, 0.2) is 12.1 Å². The van der Waals surface area contributed by atoms with Gasteiger partial charge >= 0.3 is 10.4 Å². The van der Waals surface area contributed by atoms with E-state index in [1.807, 2.05) is 0 Å². The van der Waals surface area contributed by atoms with Crippen LogP contribution < -0.4 is 9.50 Å². The first-order chi connectivity index (χ1) is 9.37. The lowest BCUT2D eigenvalue weighted by molar-refractivity contribution is 0.350. The van der Waals surface area contributed by atoms with Gasteiger partial charge in [0, 0.05) is 0 Å². The smallest absolute Gasteiger partial charge is 0.446 e. The van der Waals surface area contributed by atoms with E-state index in [1.165, 1.54) is 6.07 Å². The Morgan fingerprint density at radius 1 is 1.35 bits per heavy atom. The van der Waals surface area contributed by atoms with Gasteiger partial charge in [-0.15, -0.1) is 0 Å². The summed E-state index contributed by atoms with van der Waals surface area (Å²) < 4.78 is 48.3. The highest BCUT2D eigenvalue weighted by atomic mass is 32.3. The van der Waals surface area contributed by atoms with Crippen molar-refractivity contribution in [2.24, 2.45) is 5.92 Å². The lowest BCUT2D eigenvalue weighted by Crippen LogP contribution is -2.28. The van der Waals surface area contributed by atoms with Crippen LogP contribution in [0.25, 0.3) is 0 Å². The Morgan fingerprint density at radius 2 is 2.00 bits per heavy atom. The number of nitrogens with one attached hydrogen (secondary N) is 1. The van der Waals surface area contributed by atoms with E-state index >= 15 is 0 Å². The predicted molar refractivity (Wildman–Crippen MR) is 69.5 cm³/mol. The molecule has 6 nitrogen and oxygen atoms in total. The van der Waals surface area contributed by atoms with Gasteiger partial charge in [-0.2, -0.15) is 12.8 Å². The lowest BCUT2D eigenvalue weighted by Gasteiger charge is -2.23. The second-order valence-corrected chi connectivity index (χ2v) is 5.82. The Labute approximate surface area is 116 Å². The molecular weight excluding hydrogens is 289 g/mol. The van der Waals surface area contributed by atoms with Crippen molar-refractivity contribution in [2.75, 3.05) is 13.1 Å². The molecule has 3 N–H and O–H groups in total. The summed E-state index contributed by atoms with van der Waals surface area (Å²) in [5.41, 5.74) is 0.310. The molecule has 0 atom stereocenters. The maximum Gasteiger partial charge on any atom is 0.446 e. The monoisotopic (exact) mass is 305 g/mol. The Morgan fingerprint density at radius 3 is 2.60 bits per heavy atom. The molecule has 1 aromatic carbocycles. The highest BCUT2D eigenvalue weighted by Crippen LogP contribution is 2.33. The molecule has 112 valence electrons. The fourth-order valence-corrected chi connectivity index (χ4v) is 2.73. The molecule has 1 saturated heterocycles. The third-order valence-electron chi connectivity index (χ3n) is 3.31. The van der Waals surface area contributed by atoms with E-state index in [1.54, 1.807) is 0 Å². The topological polar surface area (TPSA) is 95.9 Å². The molecule has 0 aliphatic carbocycles. The summed E-state index contributed by atoms with van der Waals surface area (Å²) in [4.78, 5) is 0. The Bertz CT molecular complexity index is 584. The highest BCUT2D eigenvalue weighted by molar-refractivity contribution is 7.81. The summed E-state index contributed by atoms with van der Waals surface area (Å²) in [6.07, 6.45) is 2.19. The summed E-state index contributed by atoms with van der Waals surface area (Å²) >= 11 is 0.